The molecule has 1 amide bonds. The molecule has 2 aliphatic rings. The van der Waals surface area contributed by atoms with Crippen molar-refractivity contribution in [1.29, 1.82) is 0 Å². The number of halogens is 1. The fraction of sp³-hybridized carbons (Fsp3) is 0.533. The molecule has 1 fully saturated rings. The molecule has 0 atom stereocenters. The number of fused-ring (bicyclic) bond motifs is 1. The van der Waals surface area contributed by atoms with Crippen LogP contribution in [0.15, 0.2) is 18.2 Å². The summed E-state index contributed by atoms with van der Waals surface area (Å²) in [5.41, 5.74) is 3.96. The lowest BCUT2D eigenvalue weighted by atomic mass is 10.1. The van der Waals surface area contributed by atoms with Crippen LogP contribution in [0.4, 0.5) is 5.69 Å². The van der Waals surface area contributed by atoms with Crippen LogP contribution in [0.3, 0.4) is 0 Å². The lowest BCUT2D eigenvalue weighted by Gasteiger charge is -2.18. The largest absolute Gasteiger partial charge is 0.384 e. The fourth-order valence-electron chi connectivity index (χ4n) is 2.64. The number of benzene rings is 1. The van der Waals surface area contributed by atoms with Gasteiger partial charge in [0.05, 0.1) is 6.54 Å². The third kappa shape index (κ3) is 3.64. The van der Waals surface area contributed by atoms with Crippen molar-refractivity contribution < 1.29 is 4.79 Å². The van der Waals surface area contributed by atoms with Gasteiger partial charge in [0.25, 0.3) is 0 Å². The number of nitrogens with one attached hydrogen (secondary N) is 2. The van der Waals surface area contributed by atoms with Crippen LogP contribution in [0, 0.1) is 0 Å². The zero-order chi connectivity index (χ0) is 13.2. The van der Waals surface area contributed by atoms with Crippen molar-refractivity contribution in [3.63, 3.8) is 0 Å². The van der Waals surface area contributed by atoms with Crippen molar-refractivity contribution in [3.8, 4) is 0 Å². The average molecular weight is 296 g/mol. The minimum absolute atomic E-state index is 0. The van der Waals surface area contributed by atoms with E-state index in [0.717, 1.165) is 32.4 Å². The monoisotopic (exact) mass is 295 g/mol. The molecule has 110 valence electrons. The first-order valence-corrected chi connectivity index (χ1v) is 7.05. The molecule has 5 heteroatoms. The quantitative estimate of drug-likeness (QED) is 0.870. The van der Waals surface area contributed by atoms with Crippen molar-refractivity contribution in [2.45, 2.75) is 31.8 Å². The fourth-order valence-corrected chi connectivity index (χ4v) is 2.64. The van der Waals surface area contributed by atoms with Crippen LogP contribution in [-0.2, 0) is 17.8 Å². The van der Waals surface area contributed by atoms with E-state index in [0.29, 0.717) is 12.6 Å². The Morgan fingerprint density at radius 3 is 3.00 bits per heavy atom. The van der Waals surface area contributed by atoms with Crippen molar-refractivity contribution in [1.82, 2.24) is 10.2 Å². The number of carbonyl (C=O) groups excluding carboxylic acids is 1. The van der Waals surface area contributed by atoms with Crippen LogP contribution in [-0.4, -0.2) is 37.0 Å². The normalized spacial score (nSPS) is 16.3. The van der Waals surface area contributed by atoms with Crippen molar-refractivity contribution in [2.24, 2.45) is 0 Å². The molecular weight excluding hydrogens is 274 g/mol. The molecule has 0 spiro atoms. The lowest BCUT2D eigenvalue weighted by molar-refractivity contribution is -0.122. The van der Waals surface area contributed by atoms with Gasteiger partial charge in [-0.15, -0.1) is 12.4 Å². The van der Waals surface area contributed by atoms with Crippen molar-refractivity contribution in [3.05, 3.63) is 29.3 Å². The molecule has 4 nitrogen and oxygen atoms in total. The predicted molar refractivity (Wildman–Crippen MR) is 83.4 cm³/mol. The van der Waals surface area contributed by atoms with Gasteiger partial charge in [-0.1, -0.05) is 18.2 Å². The number of rotatable bonds is 5. The number of carbonyl (C=O) groups is 1. The highest BCUT2D eigenvalue weighted by Gasteiger charge is 2.23. The van der Waals surface area contributed by atoms with Crippen molar-refractivity contribution in [2.75, 3.05) is 25.5 Å². The van der Waals surface area contributed by atoms with Gasteiger partial charge in [-0.2, -0.15) is 0 Å². The topological polar surface area (TPSA) is 44.4 Å². The highest BCUT2D eigenvalue weighted by atomic mass is 35.5. The van der Waals surface area contributed by atoms with Crippen LogP contribution in [0.2, 0.25) is 0 Å². The third-order valence-corrected chi connectivity index (χ3v) is 3.73. The molecular formula is C15H22ClN3O. The second-order valence-corrected chi connectivity index (χ2v) is 5.64. The molecule has 0 saturated heterocycles. The minimum atomic E-state index is 0. The Labute approximate surface area is 126 Å². The van der Waals surface area contributed by atoms with E-state index in [4.69, 9.17) is 0 Å². The van der Waals surface area contributed by atoms with Gasteiger partial charge >= 0.3 is 0 Å². The molecule has 1 aliphatic heterocycles. The number of nitrogens with zero attached hydrogens (tertiary/aromatic N) is 1. The SMILES string of the molecule is CN(CC(=O)NC1CC1)Cc1cccc2c1NCC2.Cl. The summed E-state index contributed by atoms with van der Waals surface area (Å²) < 4.78 is 0. The smallest absolute Gasteiger partial charge is 0.234 e. The Bertz CT molecular complexity index is 488. The number of hydrogen-bond acceptors (Lipinski definition) is 3. The van der Waals surface area contributed by atoms with E-state index in [1.54, 1.807) is 0 Å². The molecule has 1 saturated carbocycles. The van der Waals surface area contributed by atoms with E-state index in [1.807, 2.05) is 7.05 Å². The van der Waals surface area contributed by atoms with Crippen LogP contribution in [0.25, 0.3) is 0 Å². The van der Waals surface area contributed by atoms with E-state index in [2.05, 4.69) is 33.7 Å². The lowest BCUT2D eigenvalue weighted by Crippen LogP contribution is -2.36. The Hall–Kier alpha value is -1.26. The molecule has 1 aromatic carbocycles. The van der Waals surface area contributed by atoms with Gasteiger partial charge in [0, 0.05) is 24.8 Å². The van der Waals surface area contributed by atoms with E-state index in [-0.39, 0.29) is 18.3 Å². The second kappa shape index (κ2) is 6.46. The molecule has 3 rings (SSSR count). The summed E-state index contributed by atoms with van der Waals surface area (Å²) in [4.78, 5) is 13.8. The second-order valence-electron chi connectivity index (χ2n) is 5.64. The molecule has 0 unspecified atom stereocenters. The summed E-state index contributed by atoms with van der Waals surface area (Å²) in [6, 6.07) is 6.88. The van der Waals surface area contributed by atoms with E-state index < -0.39 is 0 Å². The standard InChI is InChI=1S/C15H21N3O.ClH/c1-18(10-14(19)17-13-5-6-13)9-12-4-2-3-11-7-8-16-15(11)12;/h2-4,13,16H,5-10H2,1H3,(H,17,19);1H. The summed E-state index contributed by atoms with van der Waals surface area (Å²) >= 11 is 0. The Balaban J connectivity index is 0.00000147. The maximum atomic E-state index is 11.8. The van der Waals surface area contributed by atoms with Gasteiger partial charge in [-0.3, -0.25) is 9.69 Å². The maximum Gasteiger partial charge on any atom is 0.234 e. The molecule has 20 heavy (non-hydrogen) atoms. The van der Waals surface area contributed by atoms with E-state index >= 15 is 0 Å². The van der Waals surface area contributed by atoms with Gasteiger partial charge in [-0.05, 0) is 37.4 Å². The molecule has 0 radical (unpaired) electrons. The van der Waals surface area contributed by atoms with Gasteiger partial charge < -0.3 is 10.6 Å². The number of hydrogen-bond donors (Lipinski definition) is 2. The molecule has 1 aromatic rings. The van der Waals surface area contributed by atoms with Gasteiger partial charge in [0.15, 0.2) is 0 Å². The highest BCUT2D eigenvalue weighted by molar-refractivity contribution is 5.85. The third-order valence-electron chi connectivity index (χ3n) is 3.73. The summed E-state index contributed by atoms with van der Waals surface area (Å²) in [5.74, 6) is 0.144. The summed E-state index contributed by atoms with van der Waals surface area (Å²) in [7, 11) is 2.00. The van der Waals surface area contributed by atoms with Crippen LogP contribution < -0.4 is 10.6 Å². The van der Waals surface area contributed by atoms with Crippen LogP contribution in [0.5, 0.6) is 0 Å². The van der Waals surface area contributed by atoms with E-state index in [9.17, 15) is 4.79 Å². The van der Waals surface area contributed by atoms with Gasteiger partial charge in [0.2, 0.25) is 5.91 Å². The molecule has 0 aromatic heterocycles. The first-order valence-electron chi connectivity index (χ1n) is 7.05. The van der Waals surface area contributed by atoms with Crippen molar-refractivity contribution >= 4 is 24.0 Å². The average Bonchev–Trinajstić information content (AvgIpc) is 3.04. The first kappa shape index (κ1) is 15.1. The minimum Gasteiger partial charge on any atom is -0.384 e. The predicted octanol–water partition coefficient (Wildman–Crippen LogP) is 1.79. The Kier molecular flexibility index (Phi) is 4.89. The zero-order valence-electron chi connectivity index (χ0n) is 11.8. The Morgan fingerprint density at radius 1 is 1.45 bits per heavy atom. The number of para-hydroxylation sites is 1. The summed E-state index contributed by atoms with van der Waals surface area (Å²) in [5, 5.41) is 6.47. The maximum absolute atomic E-state index is 11.8. The first-order chi connectivity index (χ1) is 9.22. The molecule has 2 N–H and O–H groups in total. The summed E-state index contributed by atoms with van der Waals surface area (Å²) in [6.07, 6.45) is 3.40. The molecule has 0 bridgehead atoms. The van der Waals surface area contributed by atoms with Crippen LogP contribution >= 0.6 is 12.4 Å². The summed E-state index contributed by atoms with van der Waals surface area (Å²) in [6.45, 7) is 2.31. The Morgan fingerprint density at radius 2 is 2.25 bits per heavy atom. The molecule has 1 heterocycles. The zero-order valence-corrected chi connectivity index (χ0v) is 12.6. The van der Waals surface area contributed by atoms with Gasteiger partial charge in [0.1, 0.15) is 0 Å². The number of amides is 1. The number of anilines is 1. The van der Waals surface area contributed by atoms with Gasteiger partial charge in [-0.25, -0.2) is 0 Å². The van der Waals surface area contributed by atoms with E-state index in [1.165, 1.54) is 16.8 Å². The highest BCUT2D eigenvalue weighted by Crippen LogP contribution is 2.27. The molecule has 1 aliphatic carbocycles. The number of likely N-dealkylation sites (N-methyl/N-ethyl adjacent to an activating group) is 1. The van der Waals surface area contributed by atoms with Crippen LogP contribution in [0.1, 0.15) is 24.0 Å².